The normalized spacial score (nSPS) is 17.9. The summed E-state index contributed by atoms with van der Waals surface area (Å²) in [4.78, 5) is 44.8. The van der Waals surface area contributed by atoms with Crippen molar-refractivity contribution in [2.75, 3.05) is 42.2 Å². The molecule has 2 N–H and O–H groups in total. The van der Waals surface area contributed by atoms with E-state index in [0.29, 0.717) is 42.5 Å². The Bertz CT molecular complexity index is 1330. The molecule has 9 heteroatoms. The lowest BCUT2D eigenvalue weighted by Gasteiger charge is -2.36. The highest BCUT2D eigenvalue weighted by Gasteiger charge is 2.35. The molecule has 2 heterocycles. The van der Waals surface area contributed by atoms with Crippen molar-refractivity contribution in [2.24, 2.45) is 0 Å². The highest BCUT2D eigenvalue weighted by atomic mass is 35.5. The van der Waals surface area contributed by atoms with Crippen LogP contribution in [0.1, 0.15) is 17.5 Å². The van der Waals surface area contributed by atoms with Crippen molar-refractivity contribution >= 4 is 46.5 Å². The highest BCUT2D eigenvalue weighted by molar-refractivity contribution is 6.30. The van der Waals surface area contributed by atoms with Gasteiger partial charge in [-0.15, -0.1) is 0 Å². The molecule has 1 fully saturated rings. The van der Waals surface area contributed by atoms with Crippen LogP contribution in [0.4, 0.5) is 21.9 Å². The van der Waals surface area contributed by atoms with Gasteiger partial charge in [-0.2, -0.15) is 0 Å². The molecule has 0 bridgehead atoms. The number of nitrogens with zero attached hydrogens (tertiary/aromatic N) is 3. The maximum Gasteiger partial charge on any atom is 0.322 e. The Kier molecular flexibility index (Phi) is 7.62. The molecule has 1 atom stereocenters. The minimum atomic E-state index is -0.695. The highest BCUT2D eigenvalue weighted by Crippen LogP contribution is 2.26. The van der Waals surface area contributed by atoms with Crippen LogP contribution in [0.25, 0.3) is 0 Å². The number of anilines is 3. The molecule has 5 rings (SSSR count). The van der Waals surface area contributed by atoms with Crippen molar-refractivity contribution in [3.05, 3.63) is 88.9 Å². The number of hydrogen-bond acceptors (Lipinski definition) is 4. The van der Waals surface area contributed by atoms with Crippen molar-refractivity contribution < 1.29 is 14.4 Å². The molecular formula is C29H30ClN5O3. The monoisotopic (exact) mass is 531 g/mol. The minimum Gasteiger partial charge on any atom is -0.324 e. The molecular weight excluding hydrogens is 502 g/mol. The quantitative estimate of drug-likeness (QED) is 0.515. The summed E-state index contributed by atoms with van der Waals surface area (Å²) >= 11 is 5.97. The van der Waals surface area contributed by atoms with Gasteiger partial charge < -0.3 is 20.4 Å². The third kappa shape index (κ3) is 5.82. The van der Waals surface area contributed by atoms with Gasteiger partial charge >= 0.3 is 6.03 Å². The Labute approximate surface area is 227 Å². The lowest BCUT2D eigenvalue weighted by molar-refractivity contribution is -0.121. The fourth-order valence-electron chi connectivity index (χ4n) is 4.94. The zero-order chi connectivity index (χ0) is 26.6. The molecule has 0 radical (unpaired) electrons. The topological polar surface area (TPSA) is 85.0 Å². The van der Waals surface area contributed by atoms with Crippen LogP contribution in [0, 0.1) is 0 Å². The summed E-state index contributed by atoms with van der Waals surface area (Å²) in [6.07, 6.45) is 1.31. The first-order chi connectivity index (χ1) is 18.4. The second-order valence-electron chi connectivity index (χ2n) is 9.73. The standard InChI is InChI=1S/C29H30ClN5O3/c1-33-15-4-16-34(27(36)19-33)25-13-11-23(12-14-25)31-28(37)26-17-20-5-2-3-6-21(20)18-35(26)29(38)32-24-9-7-22(30)8-10-24/h2-3,5-14,26H,4,15-19H2,1H3,(H,31,37)(H,32,38). The van der Waals surface area contributed by atoms with E-state index in [2.05, 4.69) is 10.6 Å². The number of nitrogens with one attached hydrogen (secondary N) is 2. The van der Waals surface area contributed by atoms with E-state index in [4.69, 9.17) is 11.6 Å². The van der Waals surface area contributed by atoms with Crippen LogP contribution >= 0.6 is 11.6 Å². The van der Waals surface area contributed by atoms with Crippen molar-refractivity contribution in [2.45, 2.75) is 25.4 Å². The first kappa shape index (κ1) is 25.8. The van der Waals surface area contributed by atoms with Gasteiger partial charge in [0, 0.05) is 48.1 Å². The van der Waals surface area contributed by atoms with E-state index in [1.54, 1.807) is 46.2 Å². The second kappa shape index (κ2) is 11.2. The molecule has 0 saturated carbocycles. The van der Waals surface area contributed by atoms with Gasteiger partial charge in [-0.1, -0.05) is 35.9 Å². The van der Waals surface area contributed by atoms with Gasteiger partial charge in [0.15, 0.2) is 0 Å². The molecule has 0 spiro atoms. The van der Waals surface area contributed by atoms with Gasteiger partial charge in [-0.3, -0.25) is 14.5 Å². The number of urea groups is 1. The van der Waals surface area contributed by atoms with E-state index in [9.17, 15) is 14.4 Å². The Morgan fingerprint density at radius 2 is 1.50 bits per heavy atom. The average Bonchev–Trinajstić information content (AvgIpc) is 3.09. The molecule has 2 aliphatic heterocycles. The molecule has 38 heavy (non-hydrogen) atoms. The summed E-state index contributed by atoms with van der Waals surface area (Å²) in [7, 11) is 1.95. The zero-order valence-corrected chi connectivity index (χ0v) is 21.9. The maximum atomic E-state index is 13.5. The molecule has 8 nitrogen and oxygen atoms in total. The number of carbonyl (C=O) groups is 3. The van der Waals surface area contributed by atoms with E-state index in [1.807, 2.05) is 48.3 Å². The van der Waals surface area contributed by atoms with Gasteiger partial charge in [0.05, 0.1) is 6.54 Å². The third-order valence-electron chi connectivity index (χ3n) is 6.98. The maximum absolute atomic E-state index is 13.5. The number of benzene rings is 3. The van der Waals surface area contributed by atoms with Gasteiger partial charge in [0.2, 0.25) is 11.8 Å². The minimum absolute atomic E-state index is 0.0602. The van der Waals surface area contributed by atoms with E-state index >= 15 is 0 Å². The first-order valence-electron chi connectivity index (χ1n) is 12.7. The van der Waals surface area contributed by atoms with Crippen molar-refractivity contribution in [1.82, 2.24) is 9.80 Å². The van der Waals surface area contributed by atoms with Crippen LogP contribution in [-0.2, 0) is 22.6 Å². The molecule has 196 valence electrons. The smallest absolute Gasteiger partial charge is 0.322 e. The van der Waals surface area contributed by atoms with Gasteiger partial charge in [-0.25, -0.2) is 4.79 Å². The summed E-state index contributed by atoms with van der Waals surface area (Å²) in [6.45, 7) is 2.24. The van der Waals surface area contributed by atoms with Gasteiger partial charge in [0.25, 0.3) is 0 Å². The summed E-state index contributed by atoms with van der Waals surface area (Å²) in [6, 6.07) is 20.9. The predicted molar refractivity (Wildman–Crippen MR) is 149 cm³/mol. The van der Waals surface area contributed by atoms with E-state index in [-0.39, 0.29) is 17.8 Å². The number of carbonyl (C=O) groups excluding carboxylic acids is 3. The van der Waals surface area contributed by atoms with E-state index in [0.717, 1.165) is 29.8 Å². The average molecular weight is 532 g/mol. The lowest BCUT2D eigenvalue weighted by atomic mass is 9.93. The number of halogens is 1. The molecule has 2 aliphatic rings. The molecule has 0 aliphatic carbocycles. The first-order valence-corrected chi connectivity index (χ1v) is 13.0. The zero-order valence-electron chi connectivity index (χ0n) is 21.2. The van der Waals surface area contributed by atoms with Crippen LogP contribution < -0.4 is 15.5 Å². The SMILES string of the molecule is CN1CCCN(c2ccc(NC(=O)C3Cc4ccccc4CN3C(=O)Nc3ccc(Cl)cc3)cc2)C(=O)C1. The van der Waals surface area contributed by atoms with Crippen LogP contribution in [-0.4, -0.2) is 60.4 Å². The molecule has 3 aromatic carbocycles. The fourth-order valence-corrected chi connectivity index (χ4v) is 5.07. The Hall–Kier alpha value is -3.88. The lowest BCUT2D eigenvalue weighted by Crippen LogP contribution is -2.52. The van der Waals surface area contributed by atoms with E-state index in [1.165, 1.54) is 0 Å². The molecule has 1 unspecified atom stereocenters. The van der Waals surface area contributed by atoms with Gasteiger partial charge in [-0.05, 0) is 73.1 Å². The Balaban J connectivity index is 1.32. The van der Waals surface area contributed by atoms with Crippen molar-refractivity contribution in [1.29, 1.82) is 0 Å². The van der Waals surface area contributed by atoms with Crippen LogP contribution in [0.2, 0.25) is 5.02 Å². The number of rotatable bonds is 4. The van der Waals surface area contributed by atoms with E-state index < -0.39 is 6.04 Å². The van der Waals surface area contributed by atoms with Gasteiger partial charge in [0.1, 0.15) is 6.04 Å². The van der Waals surface area contributed by atoms with Crippen molar-refractivity contribution in [3.63, 3.8) is 0 Å². The fraction of sp³-hybridized carbons (Fsp3) is 0.276. The van der Waals surface area contributed by atoms with Crippen LogP contribution in [0.15, 0.2) is 72.8 Å². The molecule has 0 aromatic heterocycles. The van der Waals surface area contributed by atoms with Crippen LogP contribution in [0.5, 0.6) is 0 Å². The number of likely N-dealkylation sites (N-methyl/N-ethyl adjacent to an activating group) is 1. The summed E-state index contributed by atoms with van der Waals surface area (Å²) < 4.78 is 0. The predicted octanol–water partition coefficient (Wildman–Crippen LogP) is 4.61. The second-order valence-corrected chi connectivity index (χ2v) is 10.2. The van der Waals surface area contributed by atoms with Crippen LogP contribution in [0.3, 0.4) is 0 Å². The number of fused-ring (bicyclic) bond motifs is 1. The summed E-state index contributed by atoms with van der Waals surface area (Å²) in [5, 5.41) is 6.43. The molecule has 1 saturated heterocycles. The van der Waals surface area contributed by atoms with Crippen molar-refractivity contribution in [3.8, 4) is 0 Å². The Morgan fingerprint density at radius 3 is 2.24 bits per heavy atom. The molecule has 3 aromatic rings. The Morgan fingerprint density at radius 1 is 0.842 bits per heavy atom. The largest absolute Gasteiger partial charge is 0.324 e. The summed E-state index contributed by atoms with van der Waals surface area (Å²) in [5.41, 5.74) is 4.07. The summed E-state index contributed by atoms with van der Waals surface area (Å²) in [5.74, 6) is -0.212. The number of hydrogen-bond donors (Lipinski definition) is 2. The molecule has 4 amide bonds. The number of amides is 4. The third-order valence-corrected chi connectivity index (χ3v) is 7.23.